The minimum atomic E-state index is -0.730. The van der Waals surface area contributed by atoms with Crippen LogP contribution in [-0.2, 0) is 44.7 Å². The zero-order valence-corrected chi connectivity index (χ0v) is 32.2. The molecule has 0 radical (unpaired) electrons. The molecule has 0 saturated heterocycles. The van der Waals surface area contributed by atoms with Crippen LogP contribution in [0.5, 0.6) is 0 Å². The second kappa shape index (κ2) is 32.8. The number of aldehydes is 1. The van der Waals surface area contributed by atoms with Gasteiger partial charge in [0.1, 0.15) is 24.4 Å². The summed E-state index contributed by atoms with van der Waals surface area (Å²) in [6.07, 6.45) is 4.47. The number of methoxy groups -OCH3 is 1. The molecule has 6 unspecified atom stereocenters. The van der Waals surface area contributed by atoms with Crippen LogP contribution in [0, 0.1) is 11.8 Å². The second-order valence-electron chi connectivity index (χ2n) is 12.0. The number of carbonyl (C=O) groups is 7. The lowest BCUT2D eigenvalue weighted by atomic mass is 9.98. The third kappa shape index (κ3) is 27.1. The van der Waals surface area contributed by atoms with Gasteiger partial charge in [0.2, 0.25) is 36.4 Å². The fourth-order valence-electron chi connectivity index (χ4n) is 3.54. The number of nitrogens with one attached hydrogen (secondary N) is 6. The van der Waals surface area contributed by atoms with Crippen LogP contribution in [0.3, 0.4) is 0 Å². The Morgan fingerprint density at radius 1 is 0.804 bits per heavy atom. The van der Waals surface area contributed by atoms with Crippen molar-refractivity contribution in [2.75, 3.05) is 26.7 Å². The molecule has 1 aromatic rings. The summed E-state index contributed by atoms with van der Waals surface area (Å²) in [5.41, 5.74) is 6.19. The lowest BCUT2D eigenvalue weighted by Crippen LogP contribution is -2.55. The number of amides is 6. The predicted octanol–water partition coefficient (Wildman–Crippen LogP) is 0.984. The van der Waals surface area contributed by atoms with E-state index in [9.17, 15) is 33.6 Å². The first-order chi connectivity index (χ1) is 24.1. The number of carbonyl (C=O) groups excluding carboxylic acids is 7. The normalized spacial score (nSPS) is 13.4. The van der Waals surface area contributed by atoms with Crippen LogP contribution in [-0.4, -0.2) is 99.8 Å². The van der Waals surface area contributed by atoms with Gasteiger partial charge in [-0.25, -0.2) is 0 Å². The van der Waals surface area contributed by atoms with Gasteiger partial charge in [-0.2, -0.15) is 0 Å². The molecule has 0 saturated carbocycles. The van der Waals surface area contributed by atoms with Gasteiger partial charge in [-0.05, 0) is 51.5 Å². The smallest absolute Gasteiger partial charge is 0.243 e. The van der Waals surface area contributed by atoms with Gasteiger partial charge in [-0.1, -0.05) is 71.4 Å². The van der Waals surface area contributed by atoms with Crippen molar-refractivity contribution in [3.63, 3.8) is 0 Å². The van der Waals surface area contributed by atoms with E-state index in [1.54, 1.807) is 14.0 Å². The molecule has 0 aromatic heterocycles. The van der Waals surface area contributed by atoms with Crippen molar-refractivity contribution in [2.24, 2.45) is 17.6 Å². The van der Waals surface area contributed by atoms with Crippen molar-refractivity contribution < 1.29 is 38.3 Å². The molecule has 0 aliphatic heterocycles. The molecule has 8 N–H and O–H groups in total. The van der Waals surface area contributed by atoms with Crippen molar-refractivity contribution in [2.45, 2.75) is 112 Å². The molecule has 1 aromatic carbocycles. The minimum Gasteiger partial charge on any atom is -0.382 e. The van der Waals surface area contributed by atoms with Gasteiger partial charge >= 0.3 is 0 Å². The standard InChI is InChI=1S/C15H22N2O2.C13H26N4O3.C5H12O.C3H5NO2/c1-11(2)12(3)17-15(19)14(16-10-18)9-13-7-5-4-6-8-13;1-5-8(3)11(13(20)15-6-2)17-12(19)9(4)16-10(18)7-14;1-4-5(2)6-3;5-2-1-4-3-6/h4-8,10-12,14H,9H2,1-3H3,(H,16,18)(H,17,19);8-9,11H,5-7,14H2,1-4H3,(H,15,20)(H,16,18)(H,17,19);5H,4H2,1-3H3;2-3H,1H2,(H,4,6). The summed E-state index contributed by atoms with van der Waals surface area (Å²) in [5.74, 6) is -0.806. The molecular weight excluding hydrogens is 658 g/mol. The molecule has 15 heteroatoms. The number of benzene rings is 1. The van der Waals surface area contributed by atoms with Gasteiger partial charge in [0.15, 0.2) is 0 Å². The SMILES string of the molecule is CC(C)C(C)NC(=O)C(Cc1ccccc1)NC=O.CCC(C)OC.CCNC(=O)C(NC(=O)C(C)NC(=O)CN)C(C)CC.O=CCNC=O. The number of nitrogens with two attached hydrogens (primary N) is 1. The molecule has 0 bridgehead atoms. The van der Waals surface area contributed by atoms with Crippen molar-refractivity contribution in [1.82, 2.24) is 31.9 Å². The van der Waals surface area contributed by atoms with Gasteiger partial charge in [0.25, 0.3) is 0 Å². The average Bonchev–Trinajstić information content (AvgIpc) is 3.12. The summed E-state index contributed by atoms with van der Waals surface area (Å²) in [7, 11) is 1.73. The van der Waals surface area contributed by atoms with E-state index in [4.69, 9.17) is 10.5 Å². The van der Waals surface area contributed by atoms with E-state index in [1.807, 2.05) is 71.9 Å². The third-order valence-corrected chi connectivity index (χ3v) is 7.60. The summed E-state index contributed by atoms with van der Waals surface area (Å²) in [5, 5.41) is 15.5. The first kappa shape index (κ1) is 51.0. The van der Waals surface area contributed by atoms with E-state index < -0.39 is 29.9 Å². The lowest BCUT2D eigenvalue weighted by Gasteiger charge is -2.25. The summed E-state index contributed by atoms with van der Waals surface area (Å²) >= 11 is 0. The Bertz CT molecular complexity index is 1100. The van der Waals surface area contributed by atoms with E-state index in [0.717, 1.165) is 18.4 Å². The fourth-order valence-corrected chi connectivity index (χ4v) is 3.54. The first-order valence-electron chi connectivity index (χ1n) is 17.4. The molecule has 6 atom stereocenters. The summed E-state index contributed by atoms with van der Waals surface area (Å²) in [4.78, 5) is 76.5. The Morgan fingerprint density at radius 3 is 1.80 bits per heavy atom. The van der Waals surface area contributed by atoms with Gasteiger partial charge in [0, 0.05) is 26.1 Å². The first-order valence-corrected chi connectivity index (χ1v) is 17.4. The number of hydrogen-bond acceptors (Lipinski definition) is 9. The number of likely N-dealkylation sites (N-methyl/N-ethyl adjacent to an activating group) is 1. The number of ether oxygens (including phenoxy) is 1. The van der Waals surface area contributed by atoms with Crippen LogP contribution < -0.4 is 37.6 Å². The summed E-state index contributed by atoms with van der Waals surface area (Å²) in [6.45, 7) is 17.9. The maximum Gasteiger partial charge on any atom is 0.243 e. The molecule has 15 nitrogen and oxygen atoms in total. The minimum absolute atomic E-state index is 0.00269. The zero-order valence-electron chi connectivity index (χ0n) is 32.2. The summed E-state index contributed by atoms with van der Waals surface area (Å²) < 4.78 is 4.90. The highest BCUT2D eigenvalue weighted by molar-refractivity contribution is 5.92. The Kier molecular flexibility index (Phi) is 32.8. The average molecular weight is 724 g/mol. The van der Waals surface area contributed by atoms with Crippen molar-refractivity contribution in [3.8, 4) is 0 Å². The molecule has 0 heterocycles. The Morgan fingerprint density at radius 2 is 1.41 bits per heavy atom. The van der Waals surface area contributed by atoms with Crippen LogP contribution in [0.15, 0.2) is 30.3 Å². The zero-order chi connectivity index (χ0) is 39.8. The van der Waals surface area contributed by atoms with Crippen LogP contribution in [0.25, 0.3) is 0 Å². The Balaban J connectivity index is -0.000000686. The van der Waals surface area contributed by atoms with E-state index in [1.165, 1.54) is 0 Å². The highest BCUT2D eigenvalue weighted by atomic mass is 16.5. The van der Waals surface area contributed by atoms with Crippen LogP contribution in [0.1, 0.15) is 80.7 Å². The highest BCUT2D eigenvalue weighted by Gasteiger charge is 2.27. The maximum absolute atomic E-state index is 12.1. The van der Waals surface area contributed by atoms with Gasteiger partial charge < -0.3 is 47.2 Å². The van der Waals surface area contributed by atoms with Crippen LogP contribution in [0.2, 0.25) is 0 Å². The fraction of sp³-hybridized carbons (Fsp3) is 0.639. The number of hydrogen-bond donors (Lipinski definition) is 7. The predicted molar refractivity (Wildman–Crippen MR) is 199 cm³/mol. The van der Waals surface area contributed by atoms with Gasteiger partial charge in [-0.15, -0.1) is 0 Å². The van der Waals surface area contributed by atoms with Gasteiger partial charge in [-0.3, -0.25) is 28.8 Å². The topological polar surface area (TPSA) is 227 Å². The van der Waals surface area contributed by atoms with Crippen LogP contribution in [0.4, 0.5) is 0 Å². The molecular formula is C36H65N7O8. The third-order valence-electron chi connectivity index (χ3n) is 7.60. The van der Waals surface area contributed by atoms with Gasteiger partial charge in [0.05, 0.1) is 19.2 Å². The molecule has 51 heavy (non-hydrogen) atoms. The van der Waals surface area contributed by atoms with E-state index in [-0.39, 0.29) is 36.9 Å². The number of rotatable bonds is 20. The largest absolute Gasteiger partial charge is 0.382 e. The van der Waals surface area contributed by atoms with E-state index in [2.05, 4.69) is 45.7 Å². The molecule has 6 amide bonds. The molecule has 0 spiro atoms. The molecule has 0 aliphatic rings. The van der Waals surface area contributed by atoms with E-state index in [0.29, 0.717) is 44.1 Å². The van der Waals surface area contributed by atoms with Crippen molar-refractivity contribution in [3.05, 3.63) is 35.9 Å². The Hall–Kier alpha value is -4.37. The van der Waals surface area contributed by atoms with E-state index >= 15 is 0 Å². The summed E-state index contributed by atoms with van der Waals surface area (Å²) in [6, 6.07) is 7.87. The quantitative estimate of drug-likeness (QED) is 0.0751. The van der Waals surface area contributed by atoms with Crippen molar-refractivity contribution >= 4 is 42.7 Å². The van der Waals surface area contributed by atoms with Crippen LogP contribution >= 0.6 is 0 Å². The maximum atomic E-state index is 12.1. The van der Waals surface area contributed by atoms with Crippen molar-refractivity contribution in [1.29, 1.82) is 0 Å². The second-order valence-corrected chi connectivity index (χ2v) is 12.0. The molecule has 1 rings (SSSR count). The molecule has 292 valence electrons. The lowest BCUT2D eigenvalue weighted by molar-refractivity contribution is -0.132. The monoisotopic (exact) mass is 723 g/mol. The highest BCUT2D eigenvalue weighted by Crippen LogP contribution is 2.08. The molecule has 0 aliphatic carbocycles. The molecule has 0 fully saturated rings. The Labute approximate surface area is 304 Å².